The van der Waals surface area contributed by atoms with Crippen molar-refractivity contribution in [1.29, 1.82) is 0 Å². The topological polar surface area (TPSA) is 58.6 Å². The van der Waals surface area contributed by atoms with E-state index in [9.17, 15) is 4.79 Å². The highest BCUT2D eigenvalue weighted by Gasteiger charge is 1.99. The van der Waals surface area contributed by atoms with E-state index in [0.717, 1.165) is 5.39 Å². The lowest BCUT2D eigenvalue weighted by molar-refractivity contribution is 1.00. The molecule has 0 atom stereocenters. The molecule has 2 heterocycles. The Kier molecular flexibility index (Phi) is 1.65. The number of hydrogen-bond acceptors (Lipinski definition) is 3. The van der Waals surface area contributed by atoms with Gasteiger partial charge in [-0.2, -0.15) is 5.10 Å². The van der Waals surface area contributed by atoms with Crippen molar-refractivity contribution >= 4 is 26.8 Å². The third-order valence-corrected chi connectivity index (χ3v) is 1.92. The lowest BCUT2D eigenvalue weighted by Gasteiger charge is -1.93. The highest BCUT2D eigenvalue weighted by atomic mass is 79.9. The van der Waals surface area contributed by atoms with E-state index in [4.69, 9.17) is 0 Å². The molecule has 60 valence electrons. The Morgan fingerprint density at radius 3 is 3.08 bits per heavy atom. The molecule has 5 heteroatoms. The molecule has 0 fully saturated rings. The summed E-state index contributed by atoms with van der Waals surface area (Å²) in [5.41, 5.74) is 0.133. The molecule has 0 saturated carbocycles. The normalized spacial score (nSPS) is 10.4. The van der Waals surface area contributed by atoms with Crippen molar-refractivity contribution in [2.75, 3.05) is 0 Å². The Balaban J connectivity index is 2.98. The average Bonchev–Trinajstić information content (AvgIpc) is 2.07. The summed E-state index contributed by atoms with van der Waals surface area (Å²) in [4.78, 5) is 15.1. The number of fused-ring (bicyclic) bond motifs is 1. The van der Waals surface area contributed by atoms with Crippen LogP contribution in [0.1, 0.15) is 0 Å². The van der Waals surface area contributed by atoms with Crippen LogP contribution in [0.25, 0.3) is 10.9 Å². The Labute approximate surface area is 75.8 Å². The predicted molar refractivity (Wildman–Crippen MR) is 47.9 cm³/mol. The minimum Gasteiger partial charge on any atom is -0.266 e. The Bertz CT molecular complexity index is 479. The Morgan fingerprint density at radius 1 is 1.42 bits per heavy atom. The van der Waals surface area contributed by atoms with Crippen molar-refractivity contribution in [2.45, 2.75) is 0 Å². The fraction of sp³-hybridized carbons (Fsp3) is 0. The van der Waals surface area contributed by atoms with E-state index in [1.165, 1.54) is 0 Å². The molecule has 0 aliphatic heterocycles. The number of nitrogens with zero attached hydrogens (tertiary/aromatic N) is 2. The first kappa shape index (κ1) is 7.42. The smallest absolute Gasteiger partial charge is 0.266 e. The van der Waals surface area contributed by atoms with Gasteiger partial charge in [0, 0.05) is 5.39 Å². The summed E-state index contributed by atoms with van der Waals surface area (Å²) in [6.07, 6.45) is 1.57. The van der Waals surface area contributed by atoms with Gasteiger partial charge in [-0.1, -0.05) is 0 Å². The van der Waals surface area contributed by atoms with Crippen molar-refractivity contribution in [3.8, 4) is 0 Å². The van der Waals surface area contributed by atoms with Gasteiger partial charge < -0.3 is 0 Å². The van der Waals surface area contributed by atoms with Crippen LogP contribution in [0.5, 0.6) is 0 Å². The zero-order chi connectivity index (χ0) is 8.55. The maximum absolute atomic E-state index is 11.1. The maximum Gasteiger partial charge on any atom is 0.290 e. The molecule has 0 aromatic carbocycles. The molecule has 0 radical (unpaired) electrons. The predicted octanol–water partition coefficient (Wildman–Crippen LogP) is 1.08. The molecule has 0 saturated heterocycles. The second kappa shape index (κ2) is 2.67. The summed E-state index contributed by atoms with van der Waals surface area (Å²) >= 11 is 3.18. The van der Waals surface area contributed by atoms with E-state index < -0.39 is 0 Å². The van der Waals surface area contributed by atoms with Gasteiger partial charge in [0.05, 0.1) is 6.20 Å². The summed E-state index contributed by atoms with van der Waals surface area (Å²) in [5, 5.41) is 6.70. The number of rotatable bonds is 0. The largest absolute Gasteiger partial charge is 0.290 e. The van der Waals surface area contributed by atoms with Crippen LogP contribution >= 0.6 is 15.9 Å². The Morgan fingerprint density at radius 2 is 2.25 bits per heavy atom. The molecular formula is C7H4BrN3O. The molecule has 0 bridgehead atoms. The van der Waals surface area contributed by atoms with E-state index >= 15 is 0 Å². The van der Waals surface area contributed by atoms with E-state index in [1.807, 2.05) is 0 Å². The van der Waals surface area contributed by atoms with Gasteiger partial charge in [0.15, 0.2) is 0 Å². The monoisotopic (exact) mass is 225 g/mol. The van der Waals surface area contributed by atoms with Crippen LogP contribution in [0.15, 0.2) is 27.7 Å². The van der Waals surface area contributed by atoms with E-state index in [0.29, 0.717) is 10.1 Å². The second-order valence-corrected chi connectivity index (χ2v) is 3.08. The number of aromatic nitrogens is 3. The molecule has 1 N–H and O–H groups in total. The third kappa shape index (κ3) is 1.12. The van der Waals surface area contributed by atoms with Gasteiger partial charge in [-0.05, 0) is 28.1 Å². The van der Waals surface area contributed by atoms with Crippen molar-refractivity contribution in [1.82, 2.24) is 15.2 Å². The van der Waals surface area contributed by atoms with E-state index in [-0.39, 0.29) is 5.56 Å². The number of hydrogen-bond donors (Lipinski definition) is 1. The lowest BCUT2D eigenvalue weighted by Crippen LogP contribution is -2.08. The van der Waals surface area contributed by atoms with Crippen molar-refractivity contribution in [3.05, 3.63) is 33.3 Å². The van der Waals surface area contributed by atoms with Crippen LogP contribution in [0.2, 0.25) is 0 Å². The van der Waals surface area contributed by atoms with Crippen LogP contribution in [0.3, 0.4) is 0 Å². The lowest BCUT2D eigenvalue weighted by atomic mass is 10.3. The van der Waals surface area contributed by atoms with Crippen molar-refractivity contribution in [2.24, 2.45) is 0 Å². The minimum absolute atomic E-state index is 0.270. The molecule has 0 aliphatic rings. The molecular weight excluding hydrogens is 222 g/mol. The zero-order valence-electron chi connectivity index (χ0n) is 5.91. The van der Waals surface area contributed by atoms with Crippen LogP contribution < -0.4 is 5.56 Å². The van der Waals surface area contributed by atoms with Gasteiger partial charge >= 0.3 is 0 Å². The number of nitrogens with one attached hydrogen (secondary N) is 1. The minimum atomic E-state index is -0.270. The van der Waals surface area contributed by atoms with Gasteiger partial charge in [-0.25, -0.2) is 10.1 Å². The molecule has 12 heavy (non-hydrogen) atoms. The molecule has 0 amide bonds. The van der Waals surface area contributed by atoms with E-state index in [1.54, 1.807) is 18.3 Å². The fourth-order valence-electron chi connectivity index (χ4n) is 0.946. The second-order valence-electron chi connectivity index (χ2n) is 2.27. The summed E-state index contributed by atoms with van der Waals surface area (Å²) in [6.45, 7) is 0. The SMILES string of the molecule is O=c1[nH]ncc2ccc(Br)nc12. The molecule has 2 rings (SSSR count). The third-order valence-electron chi connectivity index (χ3n) is 1.48. The number of pyridine rings is 1. The van der Waals surface area contributed by atoms with E-state index in [2.05, 4.69) is 31.1 Å². The highest BCUT2D eigenvalue weighted by molar-refractivity contribution is 9.10. The first-order chi connectivity index (χ1) is 5.77. The zero-order valence-corrected chi connectivity index (χ0v) is 7.50. The summed E-state index contributed by atoms with van der Waals surface area (Å²) in [6, 6.07) is 3.55. The van der Waals surface area contributed by atoms with Gasteiger partial charge in [-0.3, -0.25) is 4.79 Å². The van der Waals surface area contributed by atoms with Gasteiger partial charge in [0.1, 0.15) is 10.1 Å². The maximum atomic E-state index is 11.1. The van der Waals surface area contributed by atoms with Crippen LogP contribution in [-0.2, 0) is 0 Å². The molecule has 0 unspecified atom stereocenters. The van der Waals surface area contributed by atoms with Gasteiger partial charge in [0.2, 0.25) is 0 Å². The van der Waals surface area contributed by atoms with Crippen LogP contribution in [-0.4, -0.2) is 15.2 Å². The quantitative estimate of drug-likeness (QED) is 0.683. The van der Waals surface area contributed by atoms with Crippen molar-refractivity contribution in [3.63, 3.8) is 0 Å². The van der Waals surface area contributed by atoms with Gasteiger partial charge in [0.25, 0.3) is 5.56 Å². The molecule has 2 aromatic rings. The molecule has 2 aromatic heterocycles. The first-order valence-corrected chi connectivity index (χ1v) is 4.06. The van der Waals surface area contributed by atoms with Crippen LogP contribution in [0.4, 0.5) is 0 Å². The highest BCUT2D eigenvalue weighted by Crippen LogP contribution is 2.10. The first-order valence-electron chi connectivity index (χ1n) is 3.27. The van der Waals surface area contributed by atoms with Gasteiger partial charge in [-0.15, -0.1) is 0 Å². The fourth-order valence-corrected chi connectivity index (χ4v) is 1.26. The summed E-state index contributed by atoms with van der Waals surface area (Å²) < 4.78 is 0.645. The number of H-pyrrole nitrogens is 1. The molecule has 0 spiro atoms. The molecule has 4 nitrogen and oxygen atoms in total. The average molecular weight is 226 g/mol. The Hall–Kier alpha value is -1.23. The number of aromatic amines is 1. The van der Waals surface area contributed by atoms with Crippen molar-refractivity contribution < 1.29 is 0 Å². The van der Waals surface area contributed by atoms with Crippen LogP contribution in [0, 0.1) is 0 Å². The summed E-state index contributed by atoms with van der Waals surface area (Å²) in [5.74, 6) is 0. The molecule has 0 aliphatic carbocycles. The standard InChI is InChI=1S/C7H4BrN3O/c8-5-2-1-4-3-9-11-7(12)6(4)10-5/h1-3H,(H,11,12). The summed E-state index contributed by atoms with van der Waals surface area (Å²) in [7, 11) is 0. The number of halogens is 1.